The maximum absolute atomic E-state index is 11.9. The van der Waals surface area contributed by atoms with Gasteiger partial charge in [-0.25, -0.2) is 19.6 Å². The van der Waals surface area contributed by atoms with E-state index in [1.807, 2.05) is 0 Å². The Labute approximate surface area is 180 Å². The Bertz CT molecular complexity index is 1120. The van der Waals surface area contributed by atoms with Crippen LogP contribution in [0.3, 0.4) is 0 Å². The molecule has 3 aromatic rings. The average molecular weight is 451 g/mol. The number of hydrogen-bond acceptors (Lipinski definition) is 6. The van der Waals surface area contributed by atoms with Crippen LogP contribution in [0.2, 0.25) is 10.0 Å². The van der Waals surface area contributed by atoms with Crippen molar-refractivity contribution in [1.29, 1.82) is 0 Å². The minimum absolute atomic E-state index is 0.131. The van der Waals surface area contributed by atoms with Crippen molar-refractivity contribution in [3.05, 3.63) is 47.0 Å². The van der Waals surface area contributed by atoms with E-state index < -0.39 is 30.7 Å². The van der Waals surface area contributed by atoms with Crippen LogP contribution in [0.25, 0.3) is 16.6 Å². The third-order valence-corrected chi connectivity index (χ3v) is 5.70. The van der Waals surface area contributed by atoms with E-state index in [9.17, 15) is 14.7 Å². The van der Waals surface area contributed by atoms with Crippen molar-refractivity contribution >= 4 is 51.9 Å². The van der Waals surface area contributed by atoms with E-state index in [-0.39, 0.29) is 18.0 Å². The van der Waals surface area contributed by atoms with Crippen molar-refractivity contribution < 1.29 is 24.5 Å². The predicted molar refractivity (Wildman–Crippen MR) is 110 cm³/mol. The molecule has 156 valence electrons. The van der Waals surface area contributed by atoms with E-state index in [2.05, 4.69) is 9.97 Å². The van der Waals surface area contributed by atoms with Gasteiger partial charge in [0.1, 0.15) is 18.5 Å². The van der Waals surface area contributed by atoms with Crippen LogP contribution in [0.4, 0.5) is 5.82 Å². The van der Waals surface area contributed by atoms with Crippen molar-refractivity contribution in [2.24, 2.45) is 0 Å². The van der Waals surface area contributed by atoms with E-state index in [0.717, 1.165) is 5.39 Å². The zero-order valence-corrected chi connectivity index (χ0v) is 16.9. The summed E-state index contributed by atoms with van der Waals surface area (Å²) in [5, 5.41) is 19.8. The highest BCUT2D eigenvalue weighted by molar-refractivity contribution is 6.45. The van der Waals surface area contributed by atoms with E-state index >= 15 is 0 Å². The van der Waals surface area contributed by atoms with Crippen LogP contribution >= 0.6 is 23.2 Å². The lowest BCUT2D eigenvalue weighted by Gasteiger charge is -2.24. The summed E-state index contributed by atoms with van der Waals surface area (Å²) in [5.74, 6) is -1.81. The van der Waals surface area contributed by atoms with Crippen molar-refractivity contribution in [1.82, 2.24) is 14.5 Å². The summed E-state index contributed by atoms with van der Waals surface area (Å²) in [6.07, 6.45) is 4.55. The zero-order valence-electron chi connectivity index (χ0n) is 15.4. The van der Waals surface area contributed by atoms with Crippen molar-refractivity contribution in [3.8, 4) is 5.69 Å². The number of halogens is 2. The number of carboxylic acid groups (broad SMARTS) is 2. The number of imidazole rings is 1. The summed E-state index contributed by atoms with van der Waals surface area (Å²) in [6.45, 7) is -0.331. The summed E-state index contributed by atoms with van der Waals surface area (Å²) in [5.41, 5.74) is 1.12. The second kappa shape index (κ2) is 8.10. The molecule has 0 spiro atoms. The molecule has 30 heavy (non-hydrogen) atoms. The minimum Gasteiger partial charge on any atom is -0.480 e. The van der Waals surface area contributed by atoms with Gasteiger partial charge in [0.2, 0.25) is 0 Å². The summed E-state index contributed by atoms with van der Waals surface area (Å²) in [4.78, 5) is 32.9. The van der Waals surface area contributed by atoms with Crippen LogP contribution < -0.4 is 4.90 Å². The maximum Gasteiger partial charge on any atom is 0.329 e. The molecule has 4 rings (SSSR count). The first-order valence-corrected chi connectivity index (χ1v) is 9.70. The third-order valence-electron chi connectivity index (χ3n) is 4.90. The predicted octanol–water partition coefficient (Wildman–Crippen LogP) is 2.86. The number of carboxylic acids is 2. The number of benzene rings is 1. The standard InChI is InChI=1S/C19H16Cl2N4O5/c20-12-2-1-11-13(24-4-3-22-9-24)6-15(23-18(11)17(12)21)25-7-10(30-8-16(26)27)5-14(25)19(28)29/h1-4,6,9-10,14H,5,7-8H2,(H,26,27)(H,28,29)/t10-,14-/m0/s1. The van der Waals surface area contributed by atoms with Gasteiger partial charge < -0.3 is 24.4 Å². The molecule has 9 nitrogen and oxygen atoms in total. The number of aliphatic carboxylic acids is 2. The third kappa shape index (κ3) is 3.79. The second-order valence-electron chi connectivity index (χ2n) is 6.80. The van der Waals surface area contributed by atoms with Crippen LogP contribution in [-0.4, -0.2) is 62.0 Å². The highest BCUT2D eigenvalue weighted by atomic mass is 35.5. The molecule has 0 aliphatic carbocycles. The van der Waals surface area contributed by atoms with Crippen LogP contribution in [0.15, 0.2) is 36.9 Å². The Morgan fingerprint density at radius 3 is 2.73 bits per heavy atom. The molecule has 11 heteroatoms. The Morgan fingerprint density at radius 1 is 1.27 bits per heavy atom. The molecule has 3 heterocycles. The number of carbonyl (C=O) groups is 2. The first kappa shape index (κ1) is 20.4. The maximum atomic E-state index is 11.9. The average Bonchev–Trinajstić information content (AvgIpc) is 3.38. The lowest BCUT2D eigenvalue weighted by Crippen LogP contribution is -2.36. The first-order chi connectivity index (χ1) is 14.3. The Balaban J connectivity index is 1.82. The Morgan fingerprint density at radius 2 is 2.07 bits per heavy atom. The molecule has 0 saturated carbocycles. The molecule has 0 bridgehead atoms. The number of ether oxygens (including phenoxy) is 1. The number of fused-ring (bicyclic) bond motifs is 1. The minimum atomic E-state index is -1.12. The van der Waals surface area contributed by atoms with Gasteiger partial charge in [-0.1, -0.05) is 23.2 Å². The van der Waals surface area contributed by atoms with Gasteiger partial charge in [0, 0.05) is 36.8 Å². The molecule has 1 aliphatic rings. The fourth-order valence-electron chi connectivity index (χ4n) is 3.56. The summed E-state index contributed by atoms with van der Waals surface area (Å²) in [7, 11) is 0. The fraction of sp³-hybridized carbons (Fsp3) is 0.263. The topological polar surface area (TPSA) is 118 Å². The molecule has 2 atom stereocenters. The number of pyridine rings is 1. The largest absolute Gasteiger partial charge is 0.480 e. The van der Waals surface area contributed by atoms with Gasteiger partial charge in [-0.15, -0.1) is 0 Å². The van der Waals surface area contributed by atoms with E-state index in [1.165, 1.54) is 0 Å². The van der Waals surface area contributed by atoms with Gasteiger partial charge in [-0.05, 0) is 12.1 Å². The summed E-state index contributed by atoms with van der Waals surface area (Å²) in [6, 6.07) is 4.26. The molecular weight excluding hydrogens is 435 g/mol. The Kier molecular flexibility index (Phi) is 5.50. The quantitative estimate of drug-likeness (QED) is 0.588. The Hall–Kier alpha value is -2.88. The normalized spacial score (nSPS) is 18.8. The molecule has 0 amide bonds. The summed E-state index contributed by atoms with van der Waals surface area (Å²) < 4.78 is 7.10. The van der Waals surface area contributed by atoms with Crippen LogP contribution in [0, 0.1) is 0 Å². The van der Waals surface area contributed by atoms with E-state index in [1.54, 1.807) is 46.4 Å². The molecule has 2 aromatic heterocycles. The molecular formula is C19H16Cl2N4O5. The van der Waals surface area contributed by atoms with Crippen molar-refractivity contribution in [2.75, 3.05) is 18.1 Å². The van der Waals surface area contributed by atoms with Gasteiger partial charge in [-0.2, -0.15) is 0 Å². The van der Waals surface area contributed by atoms with Gasteiger partial charge >= 0.3 is 11.9 Å². The first-order valence-electron chi connectivity index (χ1n) is 8.95. The number of aromatic nitrogens is 3. The van der Waals surface area contributed by atoms with Crippen LogP contribution in [0.5, 0.6) is 0 Å². The van der Waals surface area contributed by atoms with Gasteiger partial charge in [0.05, 0.1) is 33.7 Å². The molecule has 1 aliphatic heterocycles. The molecule has 2 N–H and O–H groups in total. The van der Waals surface area contributed by atoms with Gasteiger partial charge in [-0.3, -0.25) is 0 Å². The van der Waals surface area contributed by atoms with Crippen molar-refractivity contribution in [2.45, 2.75) is 18.6 Å². The number of anilines is 1. The molecule has 0 unspecified atom stereocenters. The summed E-state index contributed by atoms with van der Waals surface area (Å²) >= 11 is 12.6. The molecule has 0 radical (unpaired) electrons. The number of hydrogen-bond donors (Lipinski definition) is 2. The van der Waals surface area contributed by atoms with Gasteiger partial charge in [0.15, 0.2) is 0 Å². The molecule has 1 aromatic carbocycles. The number of rotatable bonds is 6. The van der Waals surface area contributed by atoms with Gasteiger partial charge in [0.25, 0.3) is 0 Å². The lowest BCUT2D eigenvalue weighted by molar-refractivity contribution is -0.144. The number of nitrogens with zero attached hydrogens (tertiary/aromatic N) is 4. The van der Waals surface area contributed by atoms with E-state index in [0.29, 0.717) is 22.0 Å². The highest BCUT2D eigenvalue weighted by Gasteiger charge is 2.39. The highest BCUT2D eigenvalue weighted by Crippen LogP contribution is 2.36. The van der Waals surface area contributed by atoms with Crippen molar-refractivity contribution in [3.63, 3.8) is 0 Å². The lowest BCUT2D eigenvalue weighted by atomic mass is 10.1. The van der Waals surface area contributed by atoms with Crippen LogP contribution in [0.1, 0.15) is 6.42 Å². The monoisotopic (exact) mass is 450 g/mol. The van der Waals surface area contributed by atoms with Crippen LogP contribution in [-0.2, 0) is 14.3 Å². The molecule has 1 fully saturated rings. The van der Waals surface area contributed by atoms with E-state index in [4.69, 9.17) is 33.0 Å². The molecule has 1 saturated heterocycles. The smallest absolute Gasteiger partial charge is 0.329 e. The fourth-order valence-corrected chi connectivity index (χ4v) is 3.92. The zero-order chi connectivity index (χ0) is 21.4. The second-order valence-corrected chi connectivity index (χ2v) is 7.58. The SMILES string of the molecule is O=C(O)CO[C@H]1C[C@@H](C(=O)O)N(c2cc(-n3ccnc3)c3ccc(Cl)c(Cl)c3n2)C1.